The summed E-state index contributed by atoms with van der Waals surface area (Å²) in [6, 6.07) is 2.83. The third-order valence-corrected chi connectivity index (χ3v) is 3.50. The molecule has 0 fully saturated rings. The first-order valence-corrected chi connectivity index (χ1v) is 8.70. The number of ether oxygens (including phenoxy) is 1. The highest BCUT2D eigenvalue weighted by Gasteiger charge is 2.15. The number of hydrogen-bond donors (Lipinski definition) is 4. The summed E-state index contributed by atoms with van der Waals surface area (Å²) in [7, 11) is 0. The first-order valence-electron chi connectivity index (χ1n) is 8.70. The summed E-state index contributed by atoms with van der Waals surface area (Å²) in [5, 5.41) is 24.3. The highest BCUT2D eigenvalue weighted by Crippen LogP contribution is 2.07. The third kappa shape index (κ3) is 9.33. The van der Waals surface area contributed by atoms with Gasteiger partial charge in [0.2, 0.25) is 0 Å². The molecule has 1 aromatic heterocycles. The molecule has 8 nitrogen and oxygen atoms in total. The Balaban J connectivity index is 2.26. The average molecular weight is 367 g/mol. The van der Waals surface area contributed by atoms with Gasteiger partial charge in [-0.25, -0.2) is 9.59 Å². The van der Waals surface area contributed by atoms with Gasteiger partial charge in [0.25, 0.3) is 0 Å². The Morgan fingerprint density at radius 1 is 1.31 bits per heavy atom. The van der Waals surface area contributed by atoms with E-state index in [1.54, 1.807) is 0 Å². The molecule has 1 aromatic rings. The minimum atomic E-state index is -0.996. The van der Waals surface area contributed by atoms with Gasteiger partial charge in [0, 0.05) is 25.3 Å². The maximum atomic E-state index is 11.5. The quantitative estimate of drug-likeness (QED) is 0.466. The molecule has 8 heteroatoms. The van der Waals surface area contributed by atoms with E-state index < -0.39 is 17.7 Å². The van der Waals surface area contributed by atoms with E-state index in [0.717, 1.165) is 19.3 Å². The van der Waals surface area contributed by atoms with E-state index in [2.05, 4.69) is 15.6 Å². The van der Waals surface area contributed by atoms with Gasteiger partial charge in [0.15, 0.2) is 0 Å². The van der Waals surface area contributed by atoms with Crippen LogP contribution in [0.2, 0.25) is 0 Å². The fraction of sp³-hybridized carbons (Fsp3) is 0.611. The van der Waals surface area contributed by atoms with Crippen LogP contribution in [0.1, 0.15) is 56.1 Å². The number of aliphatic hydroxyl groups is 1. The molecule has 0 bridgehead atoms. The summed E-state index contributed by atoms with van der Waals surface area (Å²) in [6.07, 6.45) is 3.33. The molecule has 1 unspecified atom stereocenters. The van der Waals surface area contributed by atoms with Crippen LogP contribution >= 0.6 is 0 Å². The van der Waals surface area contributed by atoms with Crippen LogP contribution in [0.5, 0.6) is 0 Å². The van der Waals surface area contributed by atoms with Crippen LogP contribution in [0.15, 0.2) is 18.3 Å². The van der Waals surface area contributed by atoms with Gasteiger partial charge in [-0.2, -0.15) is 0 Å². The zero-order valence-corrected chi connectivity index (χ0v) is 15.6. The molecule has 0 spiro atoms. The van der Waals surface area contributed by atoms with Crippen LogP contribution in [0.25, 0.3) is 0 Å². The van der Waals surface area contributed by atoms with Gasteiger partial charge in [-0.15, -0.1) is 0 Å². The summed E-state index contributed by atoms with van der Waals surface area (Å²) in [6.45, 7) is 6.29. The van der Waals surface area contributed by atoms with E-state index >= 15 is 0 Å². The number of aromatic carboxylic acids is 1. The van der Waals surface area contributed by atoms with Crippen molar-refractivity contribution in [2.24, 2.45) is 0 Å². The number of alkyl carbamates (subject to hydrolysis) is 1. The number of aromatic nitrogens is 1. The standard InChI is InChI=1S/C18H29N3O5/c1-18(2,3)26-17(25)20-8-5-4-6-14(12-22)21-11-15-10-13(16(23)24)7-9-19-15/h7,9-10,14,21-22H,4-6,8,11-12H2,1-3H3,(H,20,25)(H,23,24). The number of amides is 1. The van der Waals surface area contributed by atoms with Crippen molar-refractivity contribution >= 4 is 12.1 Å². The number of carbonyl (C=O) groups is 2. The topological polar surface area (TPSA) is 121 Å². The van der Waals surface area contributed by atoms with Gasteiger partial charge in [0.05, 0.1) is 17.9 Å². The van der Waals surface area contributed by atoms with Crippen LogP contribution in [0.3, 0.4) is 0 Å². The fourth-order valence-corrected chi connectivity index (χ4v) is 2.24. The van der Waals surface area contributed by atoms with Crippen LogP contribution in [-0.2, 0) is 11.3 Å². The molecule has 0 aromatic carbocycles. The van der Waals surface area contributed by atoms with Gasteiger partial charge in [-0.1, -0.05) is 6.42 Å². The number of aliphatic hydroxyl groups excluding tert-OH is 1. The maximum Gasteiger partial charge on any atom is 0.407 e. The van der Waals surface area contributed by atoms with E-state index in [-0.39, 0.29) is 18.2 Å². The molecule has 26 heavy (non-hydrogen) atoms. The highest BCUT2D eigenvalue weighted by atomic mass is 16.6. The second-order valence-corrected chi connectivity index (χ2v) is 7.03. The SMILES string of the molecule is CC(C)(C)OC(=O)NCCCCC(CO)NCc1cc(C(=O)O)ccn1. The molecule has 1 atom stereocenters. The highest BCUT2D eigenvalue weighted by molar-refractivity contribution is 5.87. The lowest BCUT2D eigenvalue weighted by Crippen LogP contribution is -2.34. The summed E-state index contributed by atoms with van der Waals surface area (Å²) in [4.78, 5) is 26.6. The van der Waals surface area contributed by atoms with Crippen molar-refractivity contribution < 1.29 is 24.5 Å². The van der Waals surface area contributed by atoms with Gasteiger partial charge >= 0.3 is 12.1 Å². The Labute approximate surface area is 154 Å². The van der Waals surface area contributed by atoms with Crippen molar-refractivity contribution in [1.82, 2.24) is 15.6 Å². The van der Waals surface area contributed by atoms with Crippen molar-refractivity contribution in [3.63, 3.8) is 0 Å². The fourth-order valence-electron chi connectivity index (χ4n) is 2.24. The third-order valence-electron chi connectivity index (χ3n) is 3.50. The Morgan fingerprint density at radius 2 is 2.04 bits per heavy atom. The number of hydrogen-bond acceptors (Lipinski definition) is 6. The van der Waals surface area contributed by atoms with E-state index in [9.17, 15) is 14.7 Å². The minimum Gasteiger partial charge on any atom is -0.478 e. The monoisotopic (exact) mass is 367 g/mol. The number of carboxylic acid groups (broad SMARTS) is 1. The molecule has 0 radical (unpaired) electrons. The van der Waals surface area contributed by atoms with E-state index in [0.29, 0.717) is 18.8 Å². The van der Waals surface area contributed by atoms with Crippen LogP contribution in [-0.4, -0.2) is 52.1 Å². The van der Waals surface area contributed by atoms with Crippen molar-refractivity contribution in [3.05, 3.63) is 29.6 Å². The van der Waals surface area contributed by atoms with E-state index in [1.165, 1.54) is 18.3 Å². The maximum absolute atomic E-state index is 11.5. The van der Waals surface area contributed by atoms with Gasteiger partial charge in [0.1, 0.15) is 5.60 Å². The lowest BCUT2D eigenvalue weighted by Gasteiger charge is -2.20. The zero-order chi connectivity index (χ0) is 19.6. The van der Waals surface area contributed by atoms with Gasteiger partial charge in [-0.05, 0) is 45.7 Å². The molecule has 0 aliphatic carbocycles. The second kappa shape index (κ2) is 10.7. The van der Waals surface area contributed by atoms with Crippen LogP contribution < -0.4 is 10.6 Å². The molecule has 4 N–H and O–H groups in total. The summed E-state index contributed by atoms with van der Waals surface area (Å²) >= 11 is 0. The van der Waals surface area contributed by atoms with Crippen molar-refractivity contribution in [2.45, 2.75) is 58.2 Å². The van der Waals surface area contributed by atoms with E-state index in [1.807, 2.05) is 20.8 Å². The molecule has 1 amide bonds. The number of pyridine rings is 1. The average Bonchev–Trinajstić information content (AvgIpc) is 2.56. The van der Waals surface area contributed by atoms with Crippen molar-refractivity contribution in [1.29, 1.82) is 0 Å². The molecule has 146 valence electrons. The summed E-state index contributed by atoms with van der Waals surface area (Å²) < 4.78 is 5.15. The van der Waals surface area contributed by atoms with Gasteiger partial charge in [-0.3, -0.25) is 4.98 Å². The predicted molar refractivity (Wildman–Crippen MR) is 97.0 cm³/mol. The van der Waals surface area contributed by atoms with Crippen LogP contribution in [0.4, 0.5) is 4.79 Å². The number of nitrogens with one attached hydrogen (secondary N) is 2. The van der Waals surface area contributed by atoms with Crippen molar-refractivity contribution in [2.75, 3.05) is 13.2 Å². The number of carbonyl (C=O) groups excluding carboxylic acids is 1. The first kappa shape index (κ1) is 21.9. The first-order chi connectivity index (χ1) is 12.2. The zero-order valence-electron chi connectivity index (χ0n) is 15.6. The Morgan fingerprint density at radius 3 is 2.65 bits per heavy atom. The molecule has 0 saturated carbocycles. The Kier molecular flexibility index (Phi) is 9.01. The molecular weight excluding hydrogens is 338 g/mol. The number of nitrogens with zero attached hydrogens (tertiary/aromatic N) is 1. The van der Waals surface area contributed by atoms with Crippen LogP contribution in [0, 0.1) is 0 Å². The minimum absolute atomic E-state index is 0.0296. The second-order valence-electron chi connectivity index (χ2n) is 7.03. The summed E-state index contributed by atoms with van der Waals surface area (Å²) in [5.41, 5.74) is 0.280. The Hall–Kier alpha value is -2.19. The van der Waals surface area contributed by atoms with Crippen molar-refractivity contribution in [3.8, 4) is 0 Å². The molecular formula is C18H29N3O5. The molecule has 1 heterocycles. The lowest BCUT2D eigenvalue weighted by molar-refractivity contribution is 0.0526. The predicted octanol–water partition coefficient (Wildman–Crippen LogP) is 1.93. The van der Waals surface area contributed by atoms with E-state index in [4.69, 9.17) is 9.84 Å². The number of unbranched alkanes of at least 4 members (excludes halogenated alkanes) is 1. The molecule has 0 aliphatic heterocycles. The lowest BCUT2D eigenvalue weighted by atomic mass is 10.1. The Bertz CT molecular complexity index is 586. The van der Waals surface area contributed by atoms with Gasteiger partial charge < -0.3 is 25.6 Å². The number of rotatable bonds is 10. The normalized spacial score (nSPS) is 12.5. The summed E-state index contributed by atoms with van der Waals surface area (Å²) in [5.74, 6) is -0.996. The molecule has 1 rings (SSSR count). The smallest absolute Gasteiger partial charge is 0.407 e. The molecule has 0 saturated heterocycles. The number of carboxylic acids is 1. The molecule has 0 aliphatic rings. The largest absolute Gasteiger partial charge is 0.478 e.